The minimum atomic E-state index is -0.400. The highest BCUT2D eigenvalue weighted by Gasteiger charge is 2.14. The van der Waals surface area contributed by atoms with Crippen LogP contribution in [0.3, 0.4) is 0 Å². The number of anilines is 1. The molecule has 32 heavy (non-hydrogen) atoms. The number of allylic oxidation sites excluding steroid dienone is 1. The number of ether oxygens (including phenoxy) is 1. The maximum absolute atomic E-state index is 13.1. The molecule has 0 atom stereocenters. The van der Waals surface area contributed by atoms with Gasteiger partial charge in [0.25, 0.3) is 5.91 Å². The zero-order chi connectivity index (χ0) is 22.5. The van der Waals surface area contributed by atoms with E-state index >= 15 is 0 Å². The van der Waals surface area contributed by atoms with Crippen molar-refractivity contribution in [2.45, 2.75) is 13.5 Å². The quantitative estimate of drug-likeness (QED) is 0.407. The van der Waals surface area contributed by atoms with Crippen LogP contribution in [0.4, 0.5) is 5.69 Å². The summed E-state index contributed by atoms with van der Waals surface area (Å²) in [5, 5.41) is 2.78. The van der Waals surface area contributed by atoms with Gasteiger partial charge in [0.1, 0.15) is 11.5 Å². The Balaban J connectivity index is 1.75. The number of nitrogens with one attached hydrogen (secondary N) is 1. The van der Waals surface area contributed by atoms with Crippen molar-refractivity contribution in [1.82, 2.24) is 4.57 Å². The Labute approximate surface area is 189 Å². The lowest BCUT2D eigenvalue weighted by atomic mass is 10.2. The topological polar surface area (TPSA) is 72.7 Å². The van der Waals surface area contributed by atoms with Crippen molar-refractivity contribution < 1.29 is 14.3 Å². The Morgan fingerprint density at radius 2 is 1.84 bits per heavy atom. The first-order chi connectivity index (χ1) is 15.5. The first-order valence-corrected chi connectivity index (χ1v) is 10.8. The molecular weight excluding hydrogens is 422 g/mol. The number of rotatable bonds is 6. The van der Waals surface area contributed by atoms with E-state index in [9.17, 15) is 9.59 Å². The van der Waals surface area contributed by atoms with Crippen LogP contribution in [0.1, 0.15) is 17.3 Å². The van der Waals surface area contributed by atoms with E-state index in [4.69, 9.17) is 4.74 Å². The van der Waals surface area contributed by atoms with E-state index in [1.54, 1.807) is 24.3 Å². The standard InChI is InChI=1S/C25H21N3O3S/c1-3-15-28-21-14-13-18(26-17(2)29)16-23(21)32-25(28)27-24(30)20-11-7-8-12-22(20)31-19-9-5-4-6-10-19/h3-14,16H,1,15H2,2H3,(H,26,29). The highest BCUT2D eigenvalue weighted by atomic mass is 32.1. The highest BCUT2D eigenvalue weighted by Crippen LogP contribution is 2.26. The molecule has 0 radical (unpaired) electrons. The summed E-state index contributed by atoms with van der Waals surface area (Å²) in [6.07, 6.45) is 1.75. The lowest BCUT2D eigenvalue weighted by Gasteiger charge is -2.08. The van der Waals surface area contributed by atoms with Crippen molar-refractivity contribution in [1.29, 1.82) is 0 Å². The van der Waals surface area contributed by atoms with E-state index in [0.717, 1.165) is 10.2 Å². The van der Waals surface area contributed by atoms with Gasteiger partial charge in [-0.2, -0.15) is 4.99 Å². The number of fused-ring (bicyclic) bond motifs is 1. The number of hydrogen-bond acceptors (Lipinski definition) is 4. The first-order valence-electron chi connectivity index (χ1n) is 9.98. The number of para-hydroxylation sites is 2. The van der Waals surface area contributed by atoms with Crippen molar-refractivity contribution >= 4 is 39.1 Å². The Morgan fingerprint density at radius 1 is 1.09 bits per heavy atom. The lowest BCUT2D eigenvalue weighted by molar-refractivity contribution is -0.114. The number of aromatic nitrogens is 1. The van der Waals surface area contributed by atoms with Gasteiger partial charge in [0.2, 0.25) is 5.91 Å². The van der Waals surface area contributed by atoms with Gasteiger partial charge in [0.15, 0.2) is 4.80 Å². The average Bonchev–Trinajstić information content (AvgIpc) is 3.11. The Kier molecular flexibility index (Phi) is 6.28. The second-order valence-corrected chi connectivity index (χ2v) is 7.98. The van der Waals surface area contributed by atoms with Crippen LogP contribution in [0.5, 0.6) is 11.5 Å². The second kappa shape index (κ2) is 9.45. The summed E-state index contributed by atoms with van der Waals surface area (Å²) in [5.74, 6) is 0.539. The smallest absolute Gasteiger partial charge is 0.283 e. The van der Waals surface area contributed by atoms with Gasteiger partial charge in [-0.3, -0.25) is 9.59 Å². The molecule has 0 fully saturated rings. The molecule has 4 rings (SSSR count). The summed E-state index contributed by atoms with van der Waals surface area (Å²) in [6.45, 7) is 5.78. The van der Waals surface area contributed by atoms with Crippen LogP contribution in [0.15, 0.2) is 90.4 Å². The molecule has 0 unspecified atom stereocenters. The Hall–Kier alpha value is -3.97. The molecule has 1 N–H and O–H groups in total. The van der Waals surface area contributed by atoms with Crippen molar-refractivity contribution in [2.75, 3.05) is 5.32 Å². The molecule has 0 saturated heterocycles. The zero-order valence-corrected chi connectivity index (χ0v) is 18.3. The van der Waals surface area contributed by atoms with Gasteiger partial charge in [0, 0.05) is 19.2 Å². The van der Waals surface area contributed by atoms with E-state index in [-0.39, 0.29) is 5.91 Å². The third kappa shape index (κ3) is 4.68. The summed E-state index contributed by atoms with van der Waals surface area (Å²) in [7, 11) is 0. The fourth-order valence-electron chi connectivity index (χ4n) is 3.24. The molecule has 0 aliphatic rings. The molecule has 1 heterocycles. The Morgan fingerprint density at radius 3 is 2.59 bits per heavy atom. The molecule has 0 bridgehead atoms. The van der Waals surface area contributed by atoms with E-state index in [2.05, 4.69) is 16.9 Å². The lowest BCUT2D eigenvalue weighted by Crippen LogP contribution is -2.16. The zero-order valence-electron chi connectivity index (χ0n) is 17.4. The molecule has 0 aliphatic carbocycles. The van der Waals surface area contributed by atoms with E-state index in [0.29, 0.717) is 34.1 Å². The summed E-state index contributed by atoms with van der Waals surface area (Å²) in [5.41, 5.74) is 1.97. The molecule has 0 spiro atoms. The fourth-order valence-corrected chi connectivity index (χ4v) is 4.32. The maximum Gasteiger partial charge on any atom is 0.283 e. The van der Waals surface area contributed by atoms with Crippen LogP contribution < -0.4 is 14.9 Å². The number of amides is 2. The average molecular weight is 444 g/mol. The molecular formula is C25H21N3O3S. The van der Waals surface area contributed by atoms with Crippen LogP contribution in [0, 0.1) is 0 Å². The van der Waals surface area contributed by atoms with Gasteiger partial charge in [-0.25, -0.2) is 0 Å². The summed E-state index contributed by atoms with van der Waals surface area (Å²) in [6, 6.07) is 21.9. The van der Waals surface area contributed by atoms with E-state index < -0.39 is 5.91 Å². The van der Waals surface area contributed by atoms with E-state index in [1.165, 1.54) is 18.3 Å². The normalized spacial score (nSPS) is 11.3. The molecule has 0 aliphatic heterocycles. The van der Waals surface area contributed by atoms with Gasteiger partial charge in [0.05, 0.1) is 15.8 Å². The number of carbonyl (C=O) groups excluding carboxylic acids is 2. The van der Waals surface area contributed by atoms with Crippen LogP contribution in [0.25, 0.3) is 10.2 Å². The second-order valence-electron chi connectivity index (χ2n) is 6.98. The first kappa shape index (κ1) is 21.3. The Bertz CT molecular complexity index is 1370. The van der Waals surface area contributed by atoms with Crippen molar-refractivity contribution in [3.8, 4) is 11.5 Å². The van der Waals surface area contributed by atoms with Crippen LogP contribution >= 0.6 is 11.3 Å². The SMILES string of the molecule is C=CCn1c(=NC(=O)c2ccccc2Oc2ccccc2)sc2cc(NC(C)=O)ccc21. The van der Waals surface area contributed by atoms with Gasteiger partial charge in [-0.1, -0.05) is 47.7 Å². The molecule has 0 saturated carbocycles. The summed E-state index contributed by atoms with van der Waals surface area (Å²) in [4.78, 5) is 29.5. The minimum absolute atomic E-state index is 0.144. The number of hydrogen-bond donors (Lipinski definition) is 1. The predicted molar refractivity (Wildman–Crippen MR) is 127 cm³/mol. The monoisotopic (exact) mass is 443 g/mol. The minimum Gasteiger partial charge on any atom is -0.457 e. The number of thiazole rings is 1. The molecule has 1 aromatic heterocycles. The summed E-state index contributed by atoms with van der Waals surface area (Å²) < 4.78 is 8.74. The van der Waals surface area contributed by atoms with Gasteiger partial charge in [-0.15, -0.1) is 6.58 Å². The molecule has 2 amide bonds. The van der Waals surface area contributed by atoms with Gasteiger partial charge < -0.3 is 14.6 Å². The van der Waals surface area contributed by atoms with Gasteiger partial charge in [-0.05, 0) is 42.5 Å². The highest BCUT2D eigenvalue weighted by molar-refractivity contribution is 7.16. The predicted octanol–water partition coefficient (Wildman–Crippen LogP) is 5.38. The van der Waals surface area contributed by atoms with Crippen molar-refractivity contribution in [2.24, 2.45) is 4.99 Å². The molecule has 7 heteroatoms. The van der Waals surface area contributed by atoms with Crippen LogP contribution in [0.2, 0.25) is 0 Å². The van der Waals surface area contributed by atoms with Crippen LogP contribution in [-0.4, -0.2) is 16.4 Å². The largest absolute Gasteiger partial charge is 0.457 e. The number of benzene rings is 3. The molecule has 3 aromatic carbocycles. The number of carbonyl (C=O) groups is 2. The van der Waals surface area contributed by atoms with Crippen LogP contribution in [-0.2, 0) is 11.3 Å². The summed E-state index contributed by atoms with van der Waals surface area (Å²) >= 11 is 1.37. The maximum atomic E-state index is 13.1. The van der Waals surface area contributed by atoms with E-state index in [1.807, 2.05) is 59.2 Å². The number of nitrogens with zero attached hydrogens (tertiary/aromatic N) is 2. The third-order valence-electron chi connectivity index (χ3n) is 4.60. The van der Waals surface area contributed by atoms with Crippen molar-refractivity contribution in [3.63, 3.8) is 0 Å². The molecule has 4 aromatic rings. The fraction of sp³-hybridized carbons (Fsp3) is 0.0800. The molecule has 6 nitrogen and oxygen atoms in total. The third-order valence-corrected chi connectivity index (χ3v) is 5.64. The van der Waals surface area contributed by atoms with Crippen molar-refractivity contribution in [3.05, 3.63) is 95.8 Å². The van der Waals surface area contributed by atoms with Gasteiger partial charge >= 0.3 is 0 Å². The molecule has 160 valence electrons.